The van der Waals surface area contributed by atoms with Crippen molar-refractivity contribution in [2.45, 2.75) is 39.2 Å². The maximum absolute atomic E-state index is 13.6. The number of aromatic nitrogens is 3. The first-order chi connectivity index (χ1) is 17.7. The largest absolute Gasteiger partial charge is 0.415 e. The van der Waals surface area contributed by atoms with E-state index < -0.39 is 17.7 Å². The van der Waals surface area contributed by atoms with Crippen LogP contribution in [0.2, 0.25) is 0 Å². The van der Waals surface area contributed by atoms with Crippen LogP contribution < -0.4 is 4.90 Å². The van der Waals surface area contributed by atoms with E-state index in [0.717, 1.165) is 38.4 Å². The molecule has 2 aromatic heterocycles. The summed E-state index contributed by atoms with van der Waals surface area (Å²) in [6.45, 7) is 10.5. The summed E-state index contributed by atoms with van der Waals surface area (Å²) in [6, 6.07) is 8.98. The Labute approximate surface area is 213 Å². The second-order valence-electron chi connectivity index (χ2n) is 9.76. The topological polar surface area (TPSA) is 95.7 Å². The summed E-state index contributed by atoms with van der Waals surface area (Å²) in [5.41, 5.74) is 2.13. The van der Waals surface area contributed by atoms with E-state index in [1.54, 1.807) is 12.1 Å². The minimum Gasteiger partial charge on any atom is -0.415 e. The fraction of sp³-hybridized carbons (Fsp3) is 0.423. The quantitative estimate of drug-likeness (QED) is 0.464. The van der Waals surface area contributed by atoms with Crippen molar-refractivity contribution in [1.29, 1.82) is 0 Å². The monoisotopic (exact) mass is 510 g/mol. The van der Waals surface area contributed by atoms with E-state index in [2.05, 4.69) is 31.9 Å². The Morgan fingerprint density at radius 2 is 1.81 bits per heavy atom. The molecule has 2 aliphatic rings. The summed E-state index contributed by atoms with van der Waals surface area (Å²) in [5.74, 6) is -1.52. The molecule has 0 N–H and O–H groups in total. The molecular weight excluding hydrogens is 482 g/mol. The molecule has 0 spiro atoms. The molecule has 194 valence electrons. The molecule has 5 rings (SSSR count). The van der Waals surface area contributed by atoms with Gasteiger partial charge in [0.25, 0.3) is 11.8 Å². The molecule has 0 aliphatic carbocycles. The van der Waals surface area contributed by atoms with Gasteiger partial charge in [-0.05, 0) is 50.2 Å². The lowest BCUT2D eigenvalue weighted by Gasteiger charge is -2.39. The number of pyridine rings is 1. The number of likely N-dealkylation sites (N-methyl/N-ethyl adjacent to an activating group) is 1. The molecular formula is C26H28F2N6O3. The molecule has 0 unspecified atom stereocenters. The van der Waals surface area contributed by atoms with Gasteiger partial charge in [-0.15, -0.1) is 10.2 Å². The van der Waals surface area contributed by atoms with Crippen LogP contribution in [0, 0.1) is 0 Å². The molecule has 0 bridgehead atoms. The maximum atomic E-state index is 13.6. The number of anilines is 1. The first-order valence-electron chi connectivity index (χ1n) is 12.2. The third-order valence-corrected chi connectivity index (χ3v) is 7.14. The predicted octanol–water partition coefficient (Wildman–Crippen LogP) is 3.67. The highest BCUT2D eigenvalue weighted by atomic mass is 19.3. The molecule has 3 aromatic rings. The van der Waals surface area contributed by atoms with Crippen LogP contribution >= 0.6 is 0 Å². The van der Waals surface area contributed by atoms with Crippen LogP contribution in [0.4, 0.5) is 14.5 Å². The van der Waals surface area contributed by atoms with Crippen molar-refractivity contribution >= 4 is 17.5 Å². The molecule has 1 aromatic carbocycles. The van der Waals surface area contributed by atoms with Gasteiger partial charge in [-0.2, -0.15) is 8.78 Å². The van der Waals surface area contributed by atoms with Gasteiger partial charge in [-0.25, -0.2) is 0 Å². The van der Waals surface area contributed by atoms with E-state index in [-0.39, 0.29) is 24.2 Å². The SMILES string of the molecule is CCN1CCN(c2ccc3c(c2)C(=O)N(Cc2ccc(-c4nnc(C(F)F)o4)cn2)C(=O)C3(C)C)CC1. The van der Waals surface area contributed by atoms with Crippen molar-refractivity contribution in [2.24, 2.45) is 0 Å². The number of hydrogen-bond donors (Lipinski definition) is 0. The van der Waals surface area contributed by atoms with E-state index >= 15 is 0 Å². The second-order valence-corrected chi connectivity index (χ2v) is 9.76. The number of fused-ring (bicyclic) bond motifs is 1. The number of amides is 2. The first-order valence-corrected chi connectivity index (χ1v) is 12.2. The van der Waals surface area contributed by atoms with Gasteiger partial charge in [0.05, 0.1) is 23.2 Å². The first kappa shape index (κ1) is 24.9. The lowest BCUT2D eigenvalue weighted by atomic mass is 9.77. The van der Waals surface area contributed by atoms with Gasteiger partial charge in [0.1, 0.15) is 0 Å². The van der Waals surface area contributed by atoms with Crippen LogP contribution in [0.25, 0.3) is 11.5 Å². The van der Waals surface area contributed by atoms with Gasteiger partial charge in [0, 0.05) is 43.6 Å². The summed E-state index contributed by atoms with van der Waals surface area (Å²) in [5, 5.41) is 6.93. The van der Waals surface area contributed by atoms with Crippen LogP contribution in [0.15, 0.2) is 40.9 Å². The minimum atomic E-state index is -2.86. The molecule has 1 saturated heterocycles. The van der Waals surface area contributed by atoms with Gasteiger partial charge < -0.3 is 14.2 Å². The molecule has 37 heavy (non-hydrogen) atoms. The average Bonchev–Trinajstić information content (AvgIpc) is 3.41. The van der Waals surface area contributed by atoms with E-state index in [1.165, 1.54) is 11.1 Å². The Morgan fingerprint density at radius 1 is 1.05 bits per heavy atom. The maximum Gasteiger partial charge on any atom is 0.314 e. The highest BCUT2D eigenvalue weighted by Gasteiger charge is 2.44. The van der Waals surface area contributed by atoms with Crippen LogP contribution in [0.5, 0.6) is 0 Å². The summed E-state index contributed by atoms with van der Waals surface area (Å²) >= 11 is 0. The number of carbonyl (C=O) groups is 2. The van der Waals surface area contributed by atoms with Gasteiger partial charge in [0.15, 0.2) is 0 Å². The molecule has 0 saturated carbocycles. The normalized spacial score (nSPS) is 18.0. The number of halogens is 2. The van der Waals surface area contributed by atoms with E-state index in [9.17, 15) is 18.4 Å². The van der Waals surface area contributed by atoms with E-state index in [1.807, 2.05) is 32.0 Å². The number of nitrogens with zero attached hydrogens (tertiary/aromatic N) is 6. The molecule has 4 heterocycles. The molecule has 2 aliphatic heterocycles. The van der Waals surface area contributed by atoms with Gasteiger partial charge in [-0.1, -0.05) is 13.0 Å². The Morgan fingerprint density at radius 3 is 2.43 bits per heavy atom. The molecule has 2 amide bonds. The second kappa shape index (κ2) is 9.62. The van der Waals surface area contributed by atoms with Crippen LogP contribution in [-0.2, 0) is 16.8 Å². The van der Waals surface area contributed by atoms with E-state index in [4.69, 9.17) is 4.42 Å². The summed E-state index contributed by atoms with van der Waals surface area (Å²) < 4.78 is 30.4. The smallest absolute Gasteiger partial charge is 0.314 e. The number of imide groups is 1. The van der Waals surface area contributed by atoms with Gasteiger partial charge in [0.2, 0.25) is 11.8 Å². The van der Waals surface area contributed by atoms with Crippen molar-refractivity contribution in [3.8, 4) is 11.5 Å². The average molecular weight is 511 g/mol. The molecule has 0 radical (unpaired) electrons. The van der Waals surface area contributed by atoms with Crippen molar-refractivity contribution in [3.63, 3.8) is 0 Å². The number of hydrogen-bond acceptors (Lipinski definition) is 8. The Bertz CT molecular complexity index is 1320. The zero-order valence-electron chi connectivity index (χ0n) is 20.9. The molecule has 11 heteroatoms. The number of piperazine rings is 1. The highest BCUT2D eigenvalue weighted by molar-refractivity contribution is 6.13. The summed E-state index contributed by atoms with van der Waals surface area (Å²) in [6.07, 6.45) is -1.47. The lowest BCUT2D eigenvalue weighted by molar-refractivity contribution is -0.134. The molecule has 1 fully saturated rings. The van der Waals surface area contributed by atoms with Gasteiger partial charge in [-0.3, -0.25) is 19.5 Å². The Balaban J connectivity index is 1.38. The number of carbonyl (C=O) groups excluding carboxylic acids is 2. The van der Waals surface area contributed by atoms with Crippen LogP contribution in [-0.4, -0.2) is 69.5 Å². The Kier molecular flexibility index (Phi) is 6.49. The number of benzene rings is 1. The minimum absolute atomic E-state index is 0.0215. The summed E-state index contributed by atoms with van der Waals surface area (Å²) in [4.78, 5) is 37.1. The number of alkyl halides is 2. The standard InChI is InChI=1S/C26H28F2N6O3/c1-4-32-9-11-33(12-10-32)18-7-8-20-19(13-18)24(35)34(25(36)26(20,2)3)15-17-6-5-16(14-29-17)22-30-31-23(37-22)21(27)28/h5-8,13-14,21H,4,9-12,15H2,1-3H3. The number of rotatable bonds is 6. The molecule has 0 atom stereocenters. The summed E-state index contributed by atoms with van der Waals surface area (Å²) in [7, 11) is 0. The van der Waals surface area contributed by atoms with Crippen LogP contribution in [0.1, 0.15) is 54.7 Å². The van der Waals surface area contributed by atoms with Crippen molar-refractivity contribution in [2.75, 3.05) is 37.6 Å². The van der Waals surface area contributed by atoms with Gasteiger partial charge >= 0.3 is 6.43 Å². The van der Waals surface area contributed by atoms with Crippen molar-refractivity contribution in [3.05, 3.63) is 59.2 Å². The van der Waals surface area contributed by atoms with Crippen molar-refractivity contribution in [1.82, 2.24) is 25.0 Å². The fourth-order valence-corrected chi connectivity index (χ4v) is 4.85. The molecule has 9 nitrogen and oxygen atoms in total. The fourth-order valence-electron chi connectivity index (χ4n) is 4.85. The zero-order valence-corrected chi connectivity index (χ0v) is 20.9. The Hall–Kier alpha value is -3.73. The third kappa shape index (κ3) is 4.59. The third-order valence-electron chi connectivity index (χ3n) is 7.14. The highest BCUT2D eigenvalue weighted by Crippen LogP contribution is 2.37. The predicted molar refractivity (Wildman–Crippen MR) is 131 cm³/mol. The van der Waals surface area contributed by atoms with E-state index in [0.29, 0.717) is 22.4 Å². The lowest BCUT2D eigenvalue weighted by Crippen LogP contribution is -2.51. The van der Waals surface area contributed by atoms with Crippen molar-refractivity contribution < 1.29 is 22.8 Å². The van der Waals surface area contributed by atoms with Crippen LogP contribution in [0.3, 0.4) is 0 Å². The zero-order chi connectivity index (χ0) is 26.3.